The summed E-state index contributed by atoms with van der Waals surface area (Å²) in [5, 5.41) is 7.14. The first kappa shape index (κ1) is 15.6. The van der Waals surface area contributed by atoms with Gasteiger partial charge in [-0.25, -0.2) is 0 Å². The van der Waals surface area contributed by atoms with Crippen molar-refractivity contribution in [3.8, 4) is 6.01 Å². The van der Waals surface area contributed by atoms with E-state index in [4.69, 9.17) is 27.9 Å². The summed E-state index contributed by atoms with van der Waals surface area (Å²) in [4.78, 5) is 12.5. The molecule has 1 aromatic heterocycles. The van der Waals surface area contributed by atoms with Crippen molar-refractivity contribution in [3.63, 3.8) is 0 Å². The minimum absolute atomic E-state index is 0.219. The lowest BCUT2D eigenvalue weighted by Gasteiger charge is -2.10. The van der Waals surface area contributed by atoms with Gasteiger partial charge >= 0.3 is 6.01 Å². The number of methoxy groups -OCH3 is 1. The van der Waals surface area contributed by atoms with Crippen molar-refractivity contribution >= 4 is 40.8 Å². The quantitative estimate of drug-likeness (QED) is 0.841. The fourth-order valence-electron chi connectivity index (χ4n) is 1.53. The Labute approximate surface area is 132 Å². The molecule has 21 heavy (non-hydrogen) atoms. The van der Waals surface area contributed by atoms with E-state index >= 15 is 0 Å². The molecule has 8 heteroatoms. The van der Waals surface area contributed by atoms with E-state index in [1.54, 1.807) is 18.2 Å². The van der Waals surface area contributed by atoms with Crippen LogP contribution in [0, 0.1) is 0 Å². The van der Waals surface area contributed by atoms with Crippen molar-refractivity contribution in [3.05, 3.63) is 28.2 Å². The molecule has 0 aliphatic rings. The number of ether oxygens (including phenoxy) is 1. The summed E-state index contributed by atoms with van der Waals surface area (Å²) >= 11 is 12.0. The third kappa shape index (κ3) is 4.34. The molecule has 112 valence electrons. The fourth-order valence-corrected chi connectivity index (χ4v) is 1.99. The van der Waals surface area contributed by atoms with Crippen molar-refractivity contribution in [2.24, 2.45) is 0 Å². The molecule has 1 heterocycles. The summed E-state index contributed by atoms with van der Waals surface area (Å²) in [5.41, 5.74) is 0.649. The molecule has 1 aromatic carbocycles. The van der Waals surface area contributed by atoms with Gasteiger partial charge in [0.15, 0.2) is 0 Å². The van der Waals surface area contributed by atoms with Gasteiger partial charge < -0.3 is 15.4 Å². The highest BCUT2D eigenvalue weighted by Gasteiger charge is 2.08. The van der Waals surface area contributed by atoms with Gasteiger partial charge in [0.25, 0.3) is 0 Å². The number of nitrogens with zero attached hydrogens (tertiary/aromatic N) is 3. The highest BCUT2D eigenvalue weighted by molar-refractivity contribution is 6.36. The van der Waals surface area contributed by atoms with Crippen LogP contribution < -0.4 is 15.4 Å². The SMILES string of the molecule is CCCNc1nc(Nc2ccc(Cl)cc2Cl)nc(OC)n1. The molecular formula is C13H15Cl2N5O. The Balaban J connectivity index is 2.25. The van der Waals surface area contributed by atoms with Crippen LogP contribution in [0.4, 0.5) is 17.6 Å². The van der Waals surface area contributed by atoms with Crippen LogP contribution in [0.2, 0.25) is 10.0 Å². The van der Waals surface area contributed by atoms with Crippen LogP contribution in [0.1, 0.15) is 13.3 Å². The molecule has 0 spiro atoms. The summed E-state index contributed by atoms with van der Waals surface area (Å²) in [5.74, 6) is 0.779. The van der Waals surface area contributed by atoms with Crippen molar-refractivity contribution < 1.29 is 4.74 Å². The average molecular weight is 328 g/mol. The fraction of sp³-hybridized carbons (Fsp3) is 0.308. The molecule has 2 rings (SSSR count). The lowest BCUT2D eigenvalue weighted by molar-refractivity contribution is 0.379. The average Bonchev–Trinajstić information content (AvgIpc) is 2.48. The molecule has 0 unspecified atom stereocenters. The maximum absolute atomic E-state index is 6.11. The Morgan fingerprint density at radius 2 is 1.90 bits per heavy atom. The predicted molar refractivity (Wildman–Crippen MR) is 84.9 cm³/mol. The van der Waals surface area contributed by atoms with Gasteiger partial charge in [0.2, 0.25) is 11.9 Å². The van der Waals surface area contributed by atoms with E-state index in [0.717, 1.165) is 13.0 Å². The molecule has 0 aliphatic heterocycles. The van der Waals surface area contributed by atoms with Gasteiger partial charge in [-0.1, -0.05) is 30.1 Å². The van der Waals surface area contributed by atoms with Gasteiger partial charge in [0.1, 0.15) is 0 Å². The Morgan fingerprint density at radius 3 is 2.57 bits per heavy atom. The van der Waals surface area contributed by atoms with Crippen LogP contribution >= 0.6 is 23.2 Å². The molecular weight excluding hydrogens is 313 g/mol. The van der Waals surface area contributed by atoms with Crippen molar-refractivity contribution in [1.82, 2.24) is 15.0 Å². The first-order valence-corrected chi connectivity index (χ1v) is 7.14. The Kier molecular flexibility index (Phi) is 5.41. The Bertz CT molecular complexity index is 624. The van der Waals surface area contributed by atoms with E-state index < -0.39 is 0 Å². The van der Waals surface area contributed by atoms with Crippen LogP contribution in [0.25, 0.3) is 0 Å². The highest BCUT2D eigenvalue weighted by Crippen LogP contribution is 2.27. The van der Waals surface area contributed by atoms with E-state index in [-0.39, 0.29) is 6.01 Å². The van der Waals surface area contributed by atoms with Gasteiger partial charge in [-0.05, 0) is 24.6 Å². The van der Waals surface area contributed by atoms with Crippen molar-refractivity contribution in [2.75, 3.05) is 24.3 Å². The summed E-state index contributed by atoms with van der Waals surface area (Å²) in [6, 6.07) is 5.33. The molecule has 2 N–H and O–H groups in total. The first-order valence-electron chi connectivity index (χ1n) is 6.38. The summed E-state index contributed by atoms with van der Waals surface area (Å²) in [7, 11) is 1.50. The molecule has 0 amide bonds. The third-order valence-corrected chi connectivity index (χ3v) is 3.06. The molecule has 0 saturated heterocycles. The number of hydrogen-bond donors (Lipinski definition) is 2. The molecule has 6 nitrogen and oxygen atoms in total. The van der Waals surface area contributed by atoms with Crippen molar-refractivity contribution in [1.29, 1.82) is 0 Å². The van der Waals surface area contributed by atoms with Crippen molar-refractivity contribution in [2.45, 2.75) is 13.3 Å². The minimum atomic E-state index is 0.219. The number of anilines is 3. The molecule has 0 saturated carbocycles. The van der Waals surface area contributed by atoms with Crippen LogP contribution in [-0.4, -0.2) is 28.6 Å². The molecule has 2 aromatic rings. The van der Waals surface area contributed by atoms with Gasteiger partial charge in [-0.3, -0.25) is 0 Å². The normalized spacial score (nSPS) is 10.3. The monoisotopic (exact) mass is 327 g/mol. The van der Waals surface area contributed by atoms with Gasteiger partial charge in [-0.15, -0.1) is 0 Å². The smallest absolute Gasteiger partial charge is 0.322 e. The minimum Gasteiger partial charge on any atom is -0.467 e. The van der Waals surface area contributed by atoms with Crippen LogP contribution in [0.5, 0.6) is 6.01 Å². The topological polar surface area (TPSA) is 72.0 Å². The van der Waals surface area contributed by atoms with E-state index in [1.807, 2.05) is 0 Å². The summed E-state index contributed by atoms with van der Waals surface area (Å²) < 4.78 is 5.07. The number of halogens is 2. The molecule has 0 fully saturated rings. The van der Waals surface area contributed by atoms with Gasteiger partial charge in [-0.2, -0.15) is 15.0 Å². The molecule has 0 bridgehead atoms. The van der Waals surface area contributed by atoms with Gasteiger partial charge in [0, 0.05) is 11.6 Å². The van der Waals surface area contributed by atoms with E-state index in [0.29, 0.717) is 27.6 Å². The number of hydrogen-bond acceptors (Lipinski definition) is 6. The molecule has 0 aliphatic carbocycles. The zero-order valence-corrected chi connectivity index (χ0v) is 13.2. The largest absolute Gasteiger partial charge is 0.467 e. The second-order valence-corrected chi connectivity index (χ2v) is 4.99. The Hall–Kier alpha value is -1.79. The summed E-state index contributed by atoms with van der Waals surface area (Å²) in [6.45, 7) is 2.81. The van der Waals surface area contributed by atoms with E-state index in [9.17, 15) is 0 Å². The number of aromatic nitrogens is 3. The molecule has 0 atom stereocenters. The highest BCUT2D eigenvalue weighted by atomic mass is 35.5. The second kappa shape index (κ2) is 7.28. The molecule has 0 radical (unpaired) electrons. The van der Waals surface area contributed by atoms with Crippen LogP contribution in [-0.2, 0) is 0 Å². The van der Waals surface area contributed by atoms with Crippen LogP contribution in [0.3, 0.4) is 0 Å². The standard InChI is InChI=1S/C13H15Cl2N5O/c1-3-6-16-11-18-12(20-13(19-11)21-2)17-10-5-4-8(14)7-9(10)15/h4-5,7H,3,6H2,1-2H3,(H2,16,17,18,19,20). The number of rotatable bonds is 6. The lowest BCUT2D eigenvalue weighted by atomic mass is 10.3. The zero-order chi connectivity index (χ0) is 15.2. The second-order valence-electron chi connectivity index (χ2n) is 4.15. The first-order chi connectivity index (χ1) is 10.1. The number of benzene rings is 1. The predicted octanol–water partition coefficient (Wildman–Crippen LogP) is 3.75. The lowest BCUT2D eigenvalue weighted by Crippen LogP contribution is -2.09. The van der Waals surface area contributed by atoms with Gasteiger partial charge in [0.05, 0.1) is 17.8 Å². The Morgan fingerprint density at radius 1 is 1.14 bits per heavy atom. The maximum atomic E-state index is 6.11. The van der Waals surface area contributed by atoms with E-state index in [2.05, 4.69) is 32.5 Å². The van der Waals surface area contributed by atoms with Crippen LogP contribution in [0.15, 0.2) is 18.2 Å². The summed E-state index contributed by atoms with van der Waals surface area (Å²) in [6.07, 6.45) is 0.958. The van der Waals surface area contributed by atoms with E-state index in [1.165, 1.54) is 7.11 Å². The maximum Gasteiger partial charge on any atom is 0.322 e. The number of nitrogens with one attached hydrogen (secondary N) is 2. The third-order valence-electron chi connectivity index (χ3n) is 2.51. The zero-order valence-electron chi connectivity index (χ0n) is 11.7.